The Balaban J connectivity index is 2.12. The number of carbonyl (C=O) groups excluding carboxylic acids is 1. The smallest absolute Gasteiger partial charge is 0.338 e. The predicted octanol–water partition coefficient (Wildman–Crippen LogP) is 1.22. The molecule has 1 N–H and O–H groups in total. The highest BCUT2D eigenvalue weighted by atomic mass is 16.5. The summed E-state index contributed by atoms with van der Waals surface area (Å²) >= 11 is 0. The van der Waals surface area contributed by atoms with Gasteiger partial charge in [-0.15, -0.1) is 0 Å². The number of hydrogen-bond donors (Lipinski definition) is 1. The maximum absolute atomic E-state index is 11.8. The van der Waals surface area contributed by atoms with Crippen molar-refractivity contribution < 1.29 is 14.6 Å². The molecule has 1 unspecified atom stereocenters. The Hall–Kier alpha value is -1.62. The Labute approximate surface area is 106 Å². The van der Waals surface area contributed by atoms with Gasteiger partial charge in [0.25, 0.3) is 0 Å². The molecule has 5 nitrogen and oxygen atoms in total. The summed E-state index contributed by atoms with van der Waals surface area (Å²) in [6.45, 7) is 4.96. The van der Waals surface area contributed by atoms with E-state index in [0.717, 1.165) is 13.0 Å². The van der Waals surface area contributed by atoms with Crippen LogP contribution in [0.5, 0.6) is 0 Å². The molecule has 5 heteroatoms. The number of β-amino-alcohol motifs (C(OH)–C–C–N with tert-alkyl or cyclic N) is 1. The number of esters is 1. The zero-order valence-electron chi connectivity index (χ0n) is 10.7. The van der Waals surface area contributed by atoms with Crippen LogP contribution < -0.4 is 4.90 Å². The van der Waals surface area contributed by atoms with Gasteiger partial charge in [0.05, 0.1) is 17.8 Å². The molecule has 2 heterocycles. The van der Waals surface area contributed by atoms with Gasteiger partial charge < -0.3 is 14.7 Å². The summed E-state index contributed by atoms with van der Waals surface area (Å²) in [5.74, 6) is 0.373. The molecule has 18 heavy (non-hydrogen) atoms. The maximum atomic E-state index is 11.8. The number of hydrogen-bond acceptors (Lipinski definition) is 5. The van der Waals surface area contributed by atoms with Gasteiger partial charge in [-0.2, -0.15) is 0 Å². The Morgan fingerprint density at radius 1 is 1.61 bits per heavy atom. The third-order valence-corrected chi connectivity index (χ3v) is 2.81. The van der Waals surface area contributed by atoms with E-state index in [1.807, 2.05) is 18.7 Å². The molecular formula is C13H18N2O3. The van der Waals surface area contributed by atoms with Crippen molar-refractivity contribution in [1.82, 2.24) is 4.98 Å². The number of pyridine rings is 1. The second-order valence-corrected chi connectivity index (χ2v) is 4.75. The Bertz CT molecular complexity index is 434. The van der Waals surface area contributed by atoms with Crippen LogP contribution in [-0.2, 0) is 4.74 Å². The van der Waals surface area contributed by atoms with Crippen molar-refractivity contribution in [3.8, 4) is 0 Å². The molecule has 1 atom stereocenters. The van der Waals surface area contributed by atoms with Crippen LogP contribution in [0.25, 0.3) is 0 Å². The summed E-state index contributed by atoms with van der Waals surface area (Å²) in [4.78, 5) is 18.0. The highest BCUT2D eigenvalue weighted by molar-refractivity contribution is 5.90. The molecule has 2 rings (SSSR count). The number of nitrogens with zero attached hydrogens (tertiary/aromatic N) is 2. The molecule has 1 aliphatic rings. The average molecular weight is 250 g/mol. The van der Waals surface area contributed by atoms with Gasteiger partial charge in [0.1, 0.15) is 5.82 Å². The fraction of sp³-hybridized carbons (Fsp3) is 0.538. The molecule has 0 bridgehead atoms. The molecule has 0 saturated carbocycles. The van der Waals surface area contributed by atoms with Gasteiger partial charge in [-0.3, -0.25) is 0 Å². The number of carbonyl (C=O) groups is 1. The molecule has 1 aromatic heterocycles. The van der Waals surface area contributed by atoms with Gasteiger partial charge in [-0.05, 0) is 32.4 Å². The van der Waals surface area contributed by atoms with Crippen molar-refractivity contribution in [2.45, 2.75) is 32.5 Å². The average Bonchev–Trinajstić information content (AvgIpc) is 2.75. The summed E-state index contributed by atoms with van der Waals surface area (Å²) < 4.78 is 5.14. The summed E-state index contributed by atoms with van der Waals surface area (Å²) in [6, 6.07) is 3.35. The zero-order valence-corrected chi connectivity index (χ0v) is 10.7. The largest absolute Gasteiger partial charge is 0.459 e. The van der Waals surface area contributed by atoms with Crippen LogP contribution in [0.15, 0.2) is 18.3 Å². The quantitative estimate of drug-likeness (QED) is 0.817. The fourth-order valence-electron chi connectivity index (χ4n) is 1.95. The highest BCUT2D eigenvalue weighted by Gasteiger charge is 2.22. The molecule has 1 aliphatic heterocycles. The summed E-state index contributed by atoms with van der Waals surface area (Å²) in [5, 5.41) is 9.50. The SMILES string of the molecule is CC(C)OC(=O)c1ccnc(N2CCC(O)C2)c1. The van der Waals surface area contributed by atoms with Gasteiger partial charge in [0.2, 0.25) is 0 Å². The molecule has 1 fully saturated rings. The number of anilines is 1. The standard InChI is InChI=1S/C13H18N2O3/c1-9(2)18-13(17)10-3-5-14-12(7-10)15-6-4-11(16)8-15/h3,5,7,9,11,16H,4,6,8H2,1-2H3. The monoisotopic (exact) mass is 250 g/mol. The number of aliphatic hydroxyl groups excluding tert-OH is 1. The minimum atomic E-state index is -0.339. The number of rotatable bonds is 3. The lowest BCUT2D eigenvalue weighted by molar-refractivity contribution is 0.0378. The third-order valence-electron chi connectivity index (χ3n) is 2.81. The first kappa shape index (κ1) is 12.8. The van der Waals surface area contributed by atoms with Gasteiger partial charge >= 0.3 is 5.97 Å². The van der Waals surface area contributed by atoms with E-state index >= 15 is 0 Å². The van der Waals surface area contributed by atoms with E-state index in [2.05, 4.69) is 4.98 Å². The predicted molar refractivity (Wildman–Crippen MR) is 67.6 cm³/mol. The first-order valence-electron chi connectivity index (χ1n) is 6.16. The van der Waals surface area contributed by atoms with E-state index in [1.54, 1.807) is 18.3 Å². The van der Waals surface area contributed by atoms with Crippen LogP contribution in [0.3, 0.4) is 0 Å². The van der Waals surface area contributed by atoms with Crippen LogP contribution >= 0.6 is 0 Å². The molecule has 0 aliphatic carbocycles. The number of ether oxygens (including phenoxy) is 1. The van der Waals surface area contributed by atoms with E-state index in [0.29, 0.717) is 17.9 Å². The lowest BCUT2D eigenvalue weighted by Crippen LogP contribution is -2.22. The van der Waals surface area contributed by atoms with Crippen molar-refractivity contribution in [2.24, 2.45) is 0 Å². The Morgan fingerprint density at radius 3 is 3.00 bits per heavy atom. The maximum Gasteiger partial charge on any atom is 0.338 e. The molecule has 0 radical (unpaired) electrons. The number of aliphatic hydroxyl groups is 1. The van der Waals surface area contributed by atoms with Crippen molar-refractivity contribution in [1.29, 1.82) is 0 Å². The lowest BCUT2D eigenvalue weighted by Gasteiger charge is -2.17. The highest BCUT2D eigenvalue weighted by Crippen LogP contribution is 2.19. The molecule has 0 aromatic carbocycles. The fourth-order valence-corrected chi connectivity index (χ4v) is 1.95. The van der Waals surface area contributed by atoms with Crippen LogP contribution in [0, 0.1) is 0 Å². The van der Waals surface area contributed by atoms with E-state index in [9.17, 15) is 9.90 Å². The van der Waals surface area contributed by atoms with Crippen LogP contribution in [0.1, 0.15) is 30.6 Å². The summed E-state index contributed by atoms with van der Waals surface area (Å²) in [7, 11) is 0. The van der Waals surface area contributed by atoms with Crippen molar-refractivity contribution in [3.05, 3.63) is 23.9 Å². The van der Waals surface area contributed by atoms with Crippen LogP contribution in [0.4, 0.5) is 5.82 Å². The van der Waals surface area contributed by atoms with E-state index in [4.69, 9.17) is 4.74 Å². The second kappa shape index (κ2) is 5.35. The lowest BCUT2D eigenvalue weighted by atomic mass is 10.2. The minimum absolute atomic E-state index is 0.136. The zero-order chi connectivity index (χ0) is 13.1. The summed E-state index contributed by atoms with van der Waals surface area (Å²) in [6.07, 6.45) is 1.89. The first-order chi connectivity index (χ1) is 8.56. The molecule has 0 amide bonds. The van der Waals surface area contributed by atoms with Crippen molar-refractivity contribution >= 4 is 11.8 Å². The molecule has 98 valence electrons. The first-order valence-corrected chi connectivity index (χ1v) is 6.16. The number of aromatic nitrogens is 1. The van der Waals surface area contributed by atoms with Gasteiger partial charge in [0.15, 0.2) is 0 Å². The van der Waals surface area contributed by atoms with Crippen molar-refractivity contribution in [2.75, 3.05) is 18.0 Å². The van der Waals surface area contributed by atoms with Gasteiger partial charge in [-0.1, -0.05) is 0 Å². The Morgan fingerprint density at radius 2 is 2.39 bits per heavy atom. The topological polar surface area (TPSA) is 62.7 Å². The van der Waals surface area contributed by atoms with E-state index in [-0.39, 0.29) is 18.2 Å². The Kier molecular flexibility index (Phi) is 3.81. The molecule has 1 aromatic rings. The summed E-state index contributed by atoms with van der Waals surface area (Å²) in [5.41, 5.74) is 0.495. The molecule has 0 spiro atoms. The van der Waals surface area contributed by atoms with E-state index in [1.165, 1.54) is 0 Å². The van der Waals surface area contributed by atoms with Crippen LogP contribution in [-0.4, -0.2) is 41.4 Å². The van der Waals surface area contributed by atoms with Crippen molar-refractivity contribution in [3.63, 3.8) is 0 Å². The van der Waals surface area contributed by atoms with Crippen LogP contribution in [0.2, 0.25) is 0 Å². The second-order valence-electron chi connectivity index (χ2n) is 4.75. The van der Waals surface area contributed by atoms with Gasteiger partial charge in [-0.25, -0.2) is 9.78 Å². The molecular weight excluding hydrogens is 232 g/mol. The normalized spacial score (nSPS) is 19.3. The third kappa shape index (κ3) is 2.98. The molecule has 1 saturated heterocycles. The van der Waals surface area contributed by atoms with E-state index < -0.39 is 0 Å². The van der Waals surface area contributed by atoms with Gasteiger partial charge in [0, 0.05) is 19.3 Å². The minimum Gasteiger partial charge on any atom is -0.459 e.